The summed E-state index contributed by atoms with van der Waals surface area (Å²) in [4.78, 5) is 12.3. The molecule has 1 aromatic carbocycles. The van der Waals surface area contributed by atoms with Gasteiger partial charge in [-0.2, -0.15) is 0 Å². The van der Waals surface area contributed by atoms with E-state index in [0.29, 0.717) is 5.69 Å². The van der Waals surface area contributed by atoms with Gasteiger partial charge < -0.3 is 15.2 Å². The zero-order valence-electron chi connectivity index (χ0n) is 12.0. The van der Waals surface area contributed by atoms with Gasteiger partial charge in [0.15, 0.2) is 0 Å². The second-order valence-corrected chi connectivity index (χ2v) is 5.46. The molecule has 0 bridgehead atoms. The Morgan fingerprint density at radius 1 is 1.33 bits per heavy atom. The first-order chi connectivity index (χ1) is 9.61. The third-order valence-corrected chi connectivity index (χ3v) is 3.47. The van der Waals surface area contributed by atoms with E-state index in [1.54, 1.807) is 4.57 Å². The lowest BCUT2D eigenvalue weighted by atomic mass is 10.1. The summed E-state index contributed by atoms with van der Waals surface area (Å²) in [6.07, 6.45) is 1.86. The van der Waals surface area contributed by atoms with Gasteiger partial charge in [0.1, 0.15) is 5.69 Å². The first kappa shape index (κ1) is 17.8. The number of aryl methyl sites for hydroxylation is 1. The second kappa shape index (κ2) is 8.22. The van der Waals surface area contributed by atoms with Crippen LogP contribution in [0.15, 0.2) is 41.0 Å². The minimum Gasteiger partial charge on any atom is -0.345 e. The maximum Gasteiger partial charge on any atom is 0.272 e. The Morgan fingerprint density at radius 2 is 2.05 bits per heavy atom. The molecule has 0 atom stereocenters. The van der Waals surface area contributed by atoms with Gasteiger partial charge in [0.2, 0.25) is 0 Å². The van der Waals surface area contributed by atoms with Crippen LogP contribution in [0.5, 0.6) is 0 Å². The van der Waals surface area contributed by atoms with Crippen molar-refractivity contribution in [2.45, 2.75) is 13.5 Å². The molecule has 21 heavy (non-hydrogen) atoms. The lowest BCUT2D eigenvalue weighted by Crippen LogP contribution is -2.18. The van der Waals surface area contributed by atoms with Crippen molar-refractivity contribution in [3.63, 3.8) is 0 Å². The van der Waals surface area contributed by atoms with Crippen LogP contribution in [0, 0.1) is 0 Å². The molecule has 1 heterocycles. The van der Waals surface area contributed by atoms with E-state index in [1.807, 2.05) is 43.6 Å². The maximum atomic E-state index is 12.3. The van der Waals surface area contributed by atoms with Gasteiger partial charge in [0.25, 0.3) is 5.91 Å². The van der Waals surface area contributed by atoms with Gasteiger partial charge >= 0.3 is 0 Å². The molecule has 2 rings (SSSR count). The van der Waals surface area contributed by atoms with Crippen molar-refractivity contribution < 1.29 is 4.79 Å². The first-order valence-corrected chi connectivity index (χ1v) is 7.33. The Labute approximate surface area is 139 Å². The number of nitrogens with one attached hydrogen (secondary N) is 2. The number of halogens is 2. The van der Waals surface area contributed by atoms with Gasteiger partial charge in [-0.15, -0.1) is 12.4 Å². The second-order valence-electron chi connectivity index (χ2n) is 4.55. The molecule has 6 heteroatoms. The normalized spacial score (nSPS) is 10.0. The van der Waals surface area contributed by atoms with Gasteiger partial charge in [-0.1, -0.05) is 25.1 Å². The maximum absolute atomic E-state index is 12.3. The highest BCUT2D eigenvalue weighted by Crippen LogP contribution is 2.18. The molecule has 1 amide bonds. The Balaban J connectivity index is 0.00000220. The Hall–Kier alpha value is -1.30. The number of amides is 1. The van der Waals surface area contributed by atoms with Crippen LogP contribution in [-0.4, -0.2) is 17.0 Å². The summed E-state index contributed by atoms with van der Waals surface area (Å²) in [5.74, 6) is -0.109. The molecule has 0 aliphatic heterocycles. The largest absolute Gasteiger partial charge is 0.345 e. The zero-order valence-corrected chi connectivity index (χ0v) is 14.4. The number of rotatable bonds is 5. The standard InChI is InChI=1S/C15H18BrN3O.ClH/c1-3-17-9-11-6-4-5-7-13(11)18-15(20)14-8-12(16)10-19(14)2;/h4-8,10,17H,3,9H2,1-2H3,(H,18,20);1H. The molecule has 4 nitrogen and oxygen atoms in total. The number of aromatic nitrogens is 1. The van der Waals surface area contributed by atoms with Crippen LogP contribution in [0.3, 0.4) is 0 Å². The molecule has 0 aliphatic carbocycles. The van der Waals surface area contributed by atoms with E-state index in [4.69, 9.17) is 0 Å². The van der Waals surface area contributed by atoms with Crippen LogP contribution in [0.2, 0.25) is 0 Å². The monoisotopic (exact) mass is 371 g/mol. The van der Waals surface area contributed by atoms with E-state index in [-0.39, 0.29) is 18.3 Å². The highest BCUT2D eigenvalue weighted by molar-refractivity contribution is 9.10. The van der Waals surface area contributed by atoms with E-state index in [1.165, 1.54) is 0 Å². The number of carbonyl (C=O) groups excluding carboxylic acids is 1. The summed E-state index contributed by atoms with van der Waals surface area (Å²) in [5.41, 5.74) is 2.54. The Bertz CT molecular complexity index is 613. The Morgan fingerprint density at radius 3 is 2.67 bits per heavy atom. The fraction of sp³-hybridized carbons (Fsp3) is 0.267. The van der Waals surface area contributed by atoms with Crippen LogP contribution in [0.25, 0.3) is 0 Å². The fourth-order valence-electron chi connectivity index (χ4n) is 1.99. The molecule has 0 saturated carbocycles. The molecule has 2 N–H and O–H groups in total. The van der Waals surface area contributed by atoms with Gasteiger partial charge in [-0.25, -0.2) is 0 Å². The minimum absolute atomic E-state index is 0. The van der Waals surface area contributed by atoms with Gasteiger partial charge in [0.05, 0.1) is 0 Å². The van der Waals surface area contributed by atoms with Crippen molar-refractivity contribution in [2.24, 2.45) is 7.05 Å². The molecule has 0 saturated heterocycles. The smallest absolute Gasteiger partial charge is 0.272 e. The number of hydrogen-bond acceptors (Lipinski definition) is 2. The van der Waals surface area contributed by atoms with E-state index >= 15 is 0 Å². The summed E-state index contributed by atoms with van der Waals surface area (Å²) in [6.45, 7) is 3.69. The van der Waals surface area contributed by atoms with Crippen LogP contribution in [0.1, 0.15) is 23.0 Å². The van der Waals surface area contributed by atoms with Crippen molar-refractivity contribution in [3.05, 3.63) is 52.3 Å². The summed E-state index contributed by atoms with van der Waals surface area (Å²) >= 11 is 3.37. The third-order valence-electron chi connectivity index (χ3n) is 3.04. The molecular formula is C15H19BrClN3O. The highest BCUT2D eigenvalue weighted by Gasteiger charge is 2.12. The van der Waals surface area contributed by atoms with E-state index < -0.39 is 0 Å². The lowest BCUT2D eigenvalue weighted by molar-refractivity contribution is 0.101. The minimum atomic E-state index is -0.109. The molecule has 114 valence electrons. The average molecular weight is 373 g/mol. The average Bonchev–Trinajstić information content (AvgIpc) is 2.77. The van der Waals surface area contributed by atoms with Crippen molar-refractivity contribution in [3.8, 4) is 0 Å². The lowest BCUT2D eigenvalue weighted by Gasteiger charge is -2.11. The number of hydrogen-bond donors (Lipinski definition) is 2. The summed E-state index contributed by atoms with van der Waals surface area (Å²) in [5, 5.41) is 6.24. The van der Waals surface area contributed by atoms with Crippen molar-refractivity contribution >= 4 is 39.9 Å². The Kier molecular flexibility index (Phi) is 6.95. The van der Waals surface area contributed by atoms with Crippen LogP contribution < -0.4 is 10.6 Å². The van der Waals surface area contributed by atoms with Crippen LogP contribution >= 0.6 is 28.3 Å². The quantitative estimate of drug-likeness (QED) is 0.843. The topological polar surface area (TPSA) is 46.1 Å². The molecule has 0 spiro atoms. The third kappa shape index (κ3) is 4.59. The molecule has 0 radical (unpaired) electrons. The van der Waals surface area contributed by atoms with Gasteiger partial charge in [-0.3, -0.25) is 4.79 Å². The van der Waals surface area contributed by atoms with Crippen molar-refractivity contribution in [2.75, 3.05) is 11.9 Å². The van der Waals surface area contributed by atoms with E-state index in [9.17, 15) is 4.79 Å². The predicted molar refractivity (Wildman–Crippen MR) is 92.1 cm³/mol. The van der Waals surface area contributed by atoms with Crippen LogP contribution in [0.4, 0.5) is 5.69 Å². The van der Waals surface area contributed by atoms with E-state index in [0.717, 1.165) is 28.8 Å². The molecule has 2 aromatic rings. The SMILES string of the molecule is CCNCc1ccccc1NC(=O)c1cc(Br)cn1C.Cl. The molecule has 1 aromatic heterocycles. The molecule has 0 aliphatic rings. The van der Waals surface area contributed by atoms with Crippen molar-refractivity contribution in [1.82, 2.24) is 9.88 Å². The van der Waals surface area contributed by atoms with Gasteiger partial charge in [0, 0.05) is 29.9 Å². The predicted octanol–water partition coefficient (Wildman–Crippen LogP) is 3.57. The number of para-hydroxylation sites is 1. The van der Waals surface area contributed by atoms with E-state index in [2.05, 4.69) is 33.5 Å². The number of benzene rings is 1. The first-order valence-electron chi connectivity index (χ1n) is 6.53. The van der Waals surface area contributed by atoms with Gasteiger partial charge in [-0.05, 0) is 40.2 Å². The zero-order chi connectivity index (χ0) is 14.5. The number of carbonyl (C=O) groups is 1. The number of anilines is 1. The molecular weight excluding hydrogens is 354 g/mol. The number of nitrogens with zero attached hydrogens (tertiary/aromatic N) is 1. The summed E-state index contributed by atoms with van der Waals surface area (Å²) < 4.78 is 2.69. The van der Waals surface area contributed by atoms with Crippen LogP contribution in [-0.2, 0) is 13.6 Å². The molecule has 0 fully saturated rings. The van der Waals surface area contributed by atoms with Crippen molar-refractivity contribution in [1.29, 1.82) is 0 Å². The summed E-state index contributed by atoms with van der Waals surface area (Å²) in [7, 11) is 1.85. The molecule has 0 unspecified atom stereocenters. The highest BCUT2D eigenvalue weighted by atomic mass is 79.9. The fourth-order valence-corrected chi connectivity index (χ4v) is 2.52. The summed E-state index contributed by atoms with van der Waals surface area (Å²) in [6, 6.07) is 9.64.